The largest absolute Gasteiger partial charge is 0.326 e. The smallest absolute Gasteiger partial charge is 0.227 e. The van der Waals surface area contributed by atoms with Crippen LogP contribution in [0.1, 0.15) is 31.7 Å². The van der Waals surface area contributed by atoms with Gasteiger partial charge in [0.25, 0.3) is 0 Å². The molecule has 1 atom stereocenters. The van der Waals surface area contributed by atoms with Gasteiger partial charge >= 0.3 is 0 Å². The van der Waals surface area contributed by atoms with Gasteiger partial charge in [0.15, 0.2) is 0 Å². The molecular weight excluding hydrogens is 352 g/mol. The van der Waals surface area contributed by atoms with Crippen molar-refractivity contribution in [3.8, 4) is 0 Å². The van der Waals surface area contributed by atoms with Crippen molar-refractivity contribution in [3.63, 3.8) is 0 Å². The Morgan fingerprint density at radius 2 is 2.00 bits per heavy atom. The second kappa shape index (κ2) is 7.84. The van der Waals surface area contributed by atoms with Crippen molar-refractivity contribution < 1.29 is 9.59 Å². The Bertz CT molecular complexity index is 1020. The van der Waals surface area contributed by atoms with Gasteiger partial charge in [-0.3, -0.25) is 14.9 Å². The Labute approximate surface area is 164 Å². The van der Waals surface area contributed by atoms with E-state index in [0.717, 1.165) is 35.2 Å². The minimum atomic E-state index is -0.185. The lowest BCUT2D eigenvalue weighted by Crippen LogP contribution is -2.30. The number of anilines is 2. The van der Waals surface area contributed by atoms with Crippen LogP contribution in [0.3, 0.4) is 0 Å². The number of nitrogens with zero attached hydrogens (tertiary/aromatic N) is 2. The van der Waals surface area contributed by atoms with E-state index in [9.17, 15) is 9.59 Å². The zero-order valence-corrected chi connectivity index (χ0v) is 15.9. The van der Waals surface area contributed by atoms with Crippen molar-refractivity contribution in [3.05, 3.63) is 54.1 Å². The lowest BCUT2D eigenvalue weighted by Gasteiger charge is -2.24. The van der Waals surface area contributed by atoms with Crippen LogP contribution in [0.2, 0.25) is 0 Å². The van der Waals surface area contributed by atoms with E-state index in [-0.39, 0.29) is 24.2 Å². The van der Waals surface area contributed by atoms with E-state index in [1.807, 2.05) is 53.1 Å². The summed E-state index contributed by atoms with van der Waals surface area (Å²) < 4.78 is 2.04. The molecule has 2 amide bonds. The van der Waals surface area contributed by atoms with Crippen LogP contribution in [-0.4, -0.2) is 21.4 Å². The van der Waals surface area contributed by atoms with Gasteiger partial charge in [-0.25, -0.2) is 4.98 Å². The van der Waals surface area contributed by atoms with E-state index >= 15 is 0 Å². The molecule has 0 bridgehead atoms. The average Bonchev–Trinajstić information content (AvgIpc) is 3.04. The number of fused-ring (bicyclic) bond motifs is 2. The third-order valence-corrected chi connectivity index (χ3v) is 5.19. The highest BCUT2D eigenvalue weighted by molar-refractivity contribution is 5.96. The lowest BCUT2D eigenvalue weighted by atomic mass is 9.89. The number of aromatic nitrogens is 2. The molecule has 6 nitrogen and oxygen atoms in total. The molecule has 3 aromatic rings. The number of imidazole rings is 1. The van der Waals surface area contributed by atoms with Crippen LogP contribution < -0.4 is 10.6 Å². The molecule has 144 valence electrons. The van der Waals surface area contributed by atoms with Gasteiger partial charge in [0.1, 0.15) is 0 Å². The number of para-hydroxylation sites is 3. The zero-order valence-electron chi connectivity index (χ0n) is 15.9. The summed E-state index contributed by atoms with van der Waals surface area (Å²) >= 11 is 0. The van der Waals surface area contributed by atoms with E-state index < -0.39 is 0 Å². The predicted molar refractivity (Wildman–Crippen MR) is 110 cm³/mol. The molecule has 1 aliphatic rings. The number of nitrogens with one attached hydrogen (secondary N) is 2. The molecule has 0 radical (unpaired) electrons. The molecule has 6 heteroatoms. The van der Waals surface area contributed by atoms with E-state index in [1.165, 1.54) is 0 Å². The fraction of sp³-hybridized carbons (Fsp3) is 0.318. The third-order valence-electron chi connectivity index (χ3n) is 5.19. The van der Waals surface area contributed by atoms with Crippen LogP contribution >= 0.6 is 0 Å². The number of benzene rings is 2. The summed E-state index contributed by atoms with van der Waals surface area (Å²) in [5.74, 6) is 0.269. The number of hydrogen-bond acceptors (Lipinski definition) is 3. The van der Waals surface area contributed by atoms with Gasteiger partial charge in [-0.15, -0.1) is 0 Å². The molecule has 2 aromatic carbocycles. The SMILES string of the molecule is CCCn1c(NC(=O)CCC2Cc3ccccc3NC2=O)nc2ccccc21. The molecule has 28 heavy (non-hydrogen) atoms. The quantitative estimate of drug-likeness (QED) is 0.683. The summed E-state index contributed by atoms with van der Waals surface area (Å²) in [6, 6.07) is 15.7. The Balaban J connectivity index is 1.42. The van der Waals surface area contributed by atoms with Crippen molar-refractivity contribution >= 4 is 34.5 Å². The molecule has 0 aliphatic carbocycles. The minimum absolute atomic E-state index is 0.00952. The Morgan fingerprint density at radius 1 is 1.21 bits per heavy atom. The molecule has 0 saturated carbocycles. The predicted octanol–water partition coefficient (Wildman–Crippen LogP) is 3.98. The van der Waals surface area contributed by atoms with Crippen molar-refractivity contribution in [2.24, 2.45) is 5.92 Å². The van der Waals surface area contributed by atoms with Crippen LogP contribution in [0.4, 0.5) is 11.6 Å². The average molecular weight is 376 g/mol. The fourth-order valence-electron chi connectivity index (χ4n) is 3.76. The molecule has 0 saturated heterocycles. The number of hydrogen-bond donors (Lipinski definition) is 2. The zero-order chi connectivity index (χ0) is 19.5. The van der Waals surface area contributed by atoms with Crippen molar-refractivity contribution in [2.45, 2.75) is 39.2 Å². The summed E-state index contributed by atoms with van der Waals surface area (Å²) in [4.78, 5) is 29.4. The Morgan fingerprint density at radius 3 is 2.86 bits per heavy atom. The summed E-state index contributed by atoms with van der Waals surface area (Å²) in [5.41, 5.74) is 3.89. The first-order chi connectivity index (χ1) is 13.7. The van der Waals surface area contributed by atoms with Crippen LogP contribution in [0, 0.1) is 5.92 Å². The number of carbonyl (C=O) groups is 2. The number of aryl methyl sites for hydroxylation is 1. The second-order valence-corrected chi connectivity index (χ2v) is 7.21. The normalized spacial score (nSPS) is 15.9. The topological polar surface area (TPSA) is 76.0 Å². The van der Waals surface area contributed by atoms with Gasteiger partial charge in [-0.1, -0.05) is 37.3 Å². The maximum atomic E-state index is 12.5. The van der Waals surface area contributed by atoms with E-state index in [2.05, 4.69) is 22.5 Å². The van der Waals surface area contributed by atoms with Crippen LogP contribution in [0.15, 0.2) is 48.5 Å². The first kappa shape index (κ1) is 18.2. The summed E-state index contributed by atoms with van der Waals surface area (Å²) in [7, 11) is 0. The van der Waals surface area contributed by atoms with Crippen LogP contribution in [-0.2, 0) is 22.6 Å². The molecule has 4 rings (SSSR count). The molecular formula is C22H24N4O2. The monoisotopic (exact) mass is 376 g/mol. The fourth-order valence-corrected chi connectivity index (χ4v) is 3.76. The highest BCUT2D eigenvalue weighted by Crippen LogP contribution is 2.28. The molecule has 0 fully saturated rings. The van der Waals surface area contributed by atoms with Crippen LogP contribution in [0.5, 0.6) is 0 Å². The van der Waals surface area contributed by atoms with Gasteiger partial charge in [-0.2, -0.15) is 0 Å². The number of amides is 2. The van der Waals surface area contributed by atoms with Gasteiger partial charge in [0, 0.05) is 24.6 Å². The highest BCUT2D eigenvalue weighted by Gasteiger charge is 2.26. The maximum Gasteiger partial charge on any atom is 0.227 e. The minimum Gasteiger partial charge on any atom is -0.326 e. The van der Waals surface area contributed by atoms with Gasteiger partial charge in [0.05, 0.1) is 11.0 Å². The number of carbonyl (C=O) groups excluding carboxylic acids is 2. The van der Waals surface area contributed by atoms with Crippen molar-refractivity contribution in [1.29, 1.82) is 0 Å². The molecule has 0 spiro atoms. The van der Waals surface area contributed by atoms with Crippen molar-refractivity contribution in [2.75, 3.05) is 10.6 Å². The highest BCUT2D eigenvalue weighted by atomic mass is 16.2. The second-order valence-electron chi connectivity index (χ2n) is 7.21. The Hall–Kier alpha value is -3.15. The third kappa shape index (κ3) is 3.63. The van der Waals surface area contributed by atoms with Gasteiger partial charge < -0.3 is 9.88 Å². The first-order valence-electron chi connectivity index (χ1n) is 9.79. The molecule has 1 unspecified atom stereocenters. The van der Waals surface area contributed by atoms with Crippen LogP contribution in [0.25, 0.3) is 11.0 Å². The van der Waals surface area contributed by atoms with Crippen molar-refractivity contribution in [1.82, 2.24) is 9.55 Å². The summed E-state index contributed by atoms with van der Waals surface area (Å²) in [5, 5.41) is 5.88. The standard InChI is InChI=1S/C22H24N4O2/c1-2-13-26-19-10-6-5-9-18(19)24-22(26)25-20(27)12-11-16-14-15-7-3-4-8-17(15)23-21(16)28/h3-10,16H,2,11-14H2,1H3,(H,23,28)(H,24,25,27). The molecule has 2 heterocycles. The van der Waals surface area contributed by atoms with E-state index in [1.54, 1.807) is 0 Å². The van der Waals surface area contributed by atoms with E-state index in [0.29, 0.717) is 18.8 Å². The summed E-state index contributed by atoms with van der Waals surface area (Å²) in [6.45, 7) is 2.89. The first-order valence-corrected chi connectivity index (χ1v) is 9.79. The molecule has 2 N–H and O–H groups in total. The molecule has 1 aromatic heterocycles. The van der Waals surface area contributed by atoms with Gasteiger partial charge in [-0.05, 0) is 43.0 Å². The van der Waals surface area contributed by atoms with Gasteiger partial charge in [0.2, 0.25) is 17.8 Å². The number of rotatable bonds is 6. The lowest BCUT2D eigenvalue weighted by molar-refractivity contribution is -0.121. The Kier molecular flexibility index (Phi) is 5.10. The maximum absolute atomic E-state index is 12.5. The van der Waals surface area contributed by atoms with E-state index in [4.69, 9.17) is 0 Å². The molecule has 1 aliphatic heterocycles. The summed E-state index contributed by atoms with van der Waals surface area (Å²) in [6.07, 6.45) is 2.42.